The van der Waals surface area contributed by atoms with Gasteiger partial charge in [-0.3, -0.25) is 14.5 Å². The summed E-state index contributed by atoms with van der Waals surface area (Å²) in [5.41, 5.74) is 5.21. The van der Waals surface area contributed by atoms with E-state index in [2.05, 4.69) is 15.9 Å². The van der Waals surface area contributed by atoms with Gasteiger partial charge in [0, 0.05) is 17.1 Å². The maximum atomic E-state index is 13.9. The first-order valence-electron chi connectivity index (χ1n) is 14.6. The third kappa shape index (κ3) is 5.87. The van der Waals surface area contributed by atoms with Gasteiger partial charge in [-0.05, 0) is 90.2 Å². The summed E-state index contributed by atoms with van der Waals surface area (Å²) >= 11 is 3.50. The van der Waals surface area contributed by atoms with Crippen LogP contribution in [0.2, 0.25) is 6.32 Å². The number of fused-ring (bicyclic) bond motifs is 3. The number of hydrogen-bond donors (Lipinski definition) is 2. The standard InChI is InChI=1S/C34H33BBrNO6/c1-42-20-24-18-27-32(34(40)37(33(27)39)26-10-6-3-7-11-26)28-19-35(41)43-30(31(24)28)15-12-22(21-8-4-2-5-9-21)16-23-17-25(36)13-14-29(23)38/h2-11,13-14,16-17,27-28,30,32,38,41H,12,15,18-20H2,1H3/b22-16-/t27-,28+,30-,32-/m1/s1. The number of hydrogen-bond acceptors (Lipinski definition) is 6. The van der Waals surface area contributed by atoms with Crippen molar-refractivity contribution in [2.24, 2.45) is 17.8 Å². The SMILES string of the molecule is COCC1=C2[C@@H](CC/C(=C/c3cc(Br)ccc3O)c3ccccc3)OB(O)C[C@@H]2[C@@H]2C(=O)N(c3ccccc3)C(=O)[C@@H]2C1. The zero-order valence-corrected chi connectivity index (χ0v) is 25.4. The van der Waals surface area contributed by atoms with Crippen molar-refractivity contribution in [3.05, 3.63) is 106 Å². The minimum Gasteiger partial charge on any atom is -0.507 e. The third-order valence-electron chi connectivity index (χ3n) is 8.78. The Morgan fingerprint density at radius 2 is 1.77 bits per heavy atom. The Morgan fingerprint density at radius 1 is 1.05 bits per heavy atom. The van der Waals surface area contributed by atoms with Crippen molar-refractivity contribution < 1.29 is 29.1 Å². The number of aromatic hydroxyl groups is 1. The number of nitrogens with zero attached hydrogens (tertiary/aromatic N) is 1. The number of para-hydroxylation sites is 1. The van der Waals surface area contributed by atoms with Crippen LogP contribution in [0.25, 0.3) is 11.6 Å². The van der Waals surface area contributed by atoms with Gasteiger partial charge in [0.25, 0.3) is 0 Å². The van der Waals surface area contributed by atoms with E-state index in [0.29, 0.717) is 37.1 Å². The Balaban J connectivity index is 1.34. The van der Waals surface area contributed by atoms with Crippen molar-refractivity contribution >= 4 is 52.2 Å². The number of phenolic OH excluding ortho intramolecular Hbond substituents is 1. The fourth-order valence-corrected chi connectivity index (χ4v) is 7.35. The molecule has 3 aliphatic rings. The van der Waals surface area contributed by atoms with Gasteiger partial charge in [0.2, 0.25) is 11.8 Å². The second-order valence-corrected chi connectivity index (χ2v) is 12.3. The Hall–Kier alpha value is -3.50. The van der Waals surface area contributed by atoms with Gasteiger partial charge in [0.05, 0.1) is 30.2 Å². The van der Waals surface area contributed by atoms with Crippen molar-refractivity contribution in [1.82, 2.24) is 0 Å². The number of carbonyl (C=O) groups excluding carboxylic acids is 2. The molecule has 3 aromatic rings. The van der Waals surface area contributed by atoms with Gasteiger partial charge in [0.15, 0.2) is 0 Å². The zero-order chi connectivity index (χ0) is 30.1. The van der Waals surface area contributed by atoms with Gasteiger partial charge < -0.3 is 19.5 Å². The highest BCUT2D eigenvalue weighted by molar-refractivity contribution is 9.10. The minimum atomic E-state index is -1.06. The van der Waals surface area contributed by atoms with E-state index < -0.39 is 25.1 Å². The summed E-state index contributed by atoms with van der Waals surface area (Å²) in [4.78, 5) is 28.9. The molecule has 9 heteroatoms. The van der Waals surface area contributed by atoms with E-state index in [1.807, 2.05) is 60.7 Å². The van der Waals surface area contributed by atoms with Crippen molar-refractivity contribution in [1.29, 1.82) is 0 Å². The number of carbonyl (C=O) groups is 2. The monoisotopic (exact) mass is 641 g/mol. The van der Waals surface area contributed by atoms with Crippen molar-refractivity contribution in [3.8, 4) is 5.75 Å². The maximum absolute atomic E-state index is 13.9. The van der Waals surface area contributed by atoms with E-state index >= 15 is 0 Å². The van der Waals surface area contributed by atoms with E-state index in [4.69, 9.17) is 9.39 Å². The Bertz CT molecular complexity index is 1580. The molecule has 0 bridgehead atoms. The fourth-order valence-electron chi connectivity index (χ4n) is 6.97. The van der Waals surface area contributed by atoms with E-state index in [1.54, 1.807) is 31.4 Å². The average Bonchev–Trinajstić information content (AvgIpc) is 3.26. The highest BCUT2D eigenvalue weighted by atomic mass is 79.9. The van der Waals surface area contributed by atoms with Crippen LogP contribution in [0.4, 0.5) is 5.69 Å². The summed E-state index contributed by atoms with van der Waals surface area (Å²) in [6.45, 7) is 0.325. The second kappa shape index (κ2) is 12.6. The van der Waals surface area contributed by atoms with Crippen molar-refractivity contribution in [2.45, 2.75) is 31.7 Å². The van der Waals surface area contributed by atoms with Gasteiger partial charge in [-0.1, -0.05) is 64.5 Å². The summed E-state index contributed by atoms with van der Waals surface area (Å²) in [5.74, 6) is -1.64. The Labute approximate surface area is 260 Å². The molecule has 2 heterocycles. The molecule has 6 rings (SSSR count). The lowest BCUT2D eigenvalue weighted by atomic mass is 9.58. The molecule has 2 fully saturated rings. The molecule has 0 spiro atoms. The first-order chi connectivity index (χ1) is 20.9. The molecule has 43 heavy (non-hydrogen) atoms. The number of allylic oxidation sites excluding steroid dienone is 1. The molecule has 0 saturated carbocycles. The van der Waals surface area contributed by atoms with Gasteiger partial charge in [-0.25, -0.2) is 0 Å². The smallest absolute Gasteiger partial charge is 0.455 e. The van der Waals surface area contributed by atoms with Gasteiger partial charge in [-0.15, -0.1) is 0 Å². The number of imide groups is 1. The van der Waals surface area contributed by atoms with Gasteiger partial charge in [-0.2, -0.15) is 0 Å². The average molecular weight is 642 g/mol. The number of benzene rings is 3. The molecule has 0 unspecified atom stereocenters. The first kappa shape index (κ1) is 29.6. The lowest BCUT2D eigenvalue weighted by Crippen LogP contribution is -2.46. The topological polar surface area (TPSA) is 96.3 Å². The predicted molar refractivity (Wildman–Crippen MR) is 170 cm³/mol. The Morgan fingerprint density at radius 3 is 2.49 bits per heavy atom. The number of halogens is 1. The molecule has 1 aliphatic carbocycles. The number of rotatable bonds is 8. The molecule has 2 saturated heterocycles. The fraction of sp³-hybridized carbons (Fsp3) is 0.294. The maximum Gasteiger partial charge on any atom is 0.455 e. The van der Waals surface area contributed by atoms with E-state index in [1.165, 1.54) is 4.90 Å². The number of methoxy groups -OCH3 is 1. The summed E-state index contributed by atoms with van der Waals surface area (Å²) in [6.07, 6.45) is 3.30. The first-order valence-corrected chi connectivity index (χ1v) is 15.4. The summed E-state index contributed by atoms with van der Waals surface area (Å²) in [5, 5.41) is 21.5. The highest BCUT2D eigenvalue weighted by Gasteiger charge is 2.57. The molecule has 3 aromatic carbocycles. The molecular formula is C34H33BBrNO6. The summed E-state index contributed by atoms with van der Waals surface area (Å²) in [6, 6.07) is 24.3. The number of anilines is 1. The number of amides is 2. The number of ether oxygens (including phenoxy) is 1. The normalized spacial score (nSPS) is 23.9. The van der Waals surface area contributed by atoms with Gasteiger partial charge in [0.1, 0.15) is 5.75 Å². The molecular weight excluding hydrogens is 609 g/mol. The van der Waals surface area contributed by atoms with Crippen LogP contribution in [0.3, 0.4) is 0 Å². The van der Waals surface area contributed by atoms with E-state index in [9.17, 15) is 19.7 Å². The summed E-state index contributed by atoms with van der Waals surface area (Å²) in [7, 11) is 0.564. The molecule has 2 N–H and O–H groups in total. The van der Waals surface area contributed by atoms with Crippen LogP contribution in [-0.2, 0) is 19.0 Å². The molecule has 0 radical (unpaired) electrons. The van der Waals surface area contributed by atoms with E-state index in [-0.39, 0.29) is 29.8 Å². The minimum absolute atomic E-state index is 0.178. The second-order valence-electron chi connectivity index (χ2n) is 11.4. The van der Waals surface area contributed by atoms with Gasteiger partial charge >= 0.3 is 7.12 Å². The van der Waals surface area contributed by atoms with Crippen LogP contribution < -0.4 is 4.90 Å². The molecule has 4 atom stereocenters. The zero-order valence-electron chi connectivity index (χ0n) is 23.9. The van der Waals surface area contributed by atoms with Crippen LogP contribution in [0.15, 0.2) is 94.5 Å². The molecule has 0 aromatic heterocycles. The van der Waals surface area contributed by atoms with E-state index in [0.717, 1.165) is 26.8 Å². The third-order valence-corrected chi connectivity index (χ3v) is 9.27. The van der Waals surface area contributed by atoms with Crippen LogP contribution in [0.1, 0.15) is 30.4 Å². The lowest BCUT2D eigenvalue weighted by molar-refractivity contribution is -0.122. The largest absolute Gasteiger partial charge is 0.507 e. The predicted octanol–water partition coefficient (Wildman–Crippen LogP) is 6.12. The molecule has 7 nitrogen and oxygen atoms in total. The molecule has 2 amide bonds. The lowest BCUT2D eigenvalue weighted by Gasteiger charge is -2.43. The van der Waals surface area contributed by atoms with Crippen LogP contribution in [0.5, 0.6) is 5.75 Å². The van der Waals surface area contributed by atoms with Crippen LogP contribution >= 0.6 is 15.9 Å². The number of phenols is 1. The molecule has 2 aliphatic heterocycles. The quantitative estimate of drug-likeness (QED) is 0.133. The highest BCUT2D eigenvalue weighted by Crippen LogP contribution is 2.51. The van der Waals surface area contributed by atoms with Crippen LogP contribution in [0, 0.1) is 17.8 Å². The van der Waals surface area contributed by atoms with Crippen LogP contribution in [-0.4, -0.2) is 48.9 Å². The van der Waals surface area contributed by atoms with Crippen molar-refractivity contribution in [3.63, 3.8) is 0 Å². The summed E-state index contributed by atoms with van der Waals surface area (Å²) < 4.78 is 12.6. The molecule has 220 valence electrons. The Kier molecular flexibility index (Phi) is 8.68. The van der Waals surface area contributed by atoms with Crippen molar-refractivity contribution in [2.75, 3.05) is 18.6 Å².